The van der Waals surface area contributed by atoms with Gasteiger partial charge in [0.1, 0.15) is 4.90 Å². The highest BCUT2D eigenvalue weighted by Gasteiger charge is 2.28. The van der Waals surface area contributed by atoms with Gasteiger partial charge in [-0.2, -0.15) is 5.10 Å². The van der Waals surface area contributed by atoms with Gasteiger partial charge >= 0.3 is 5.97 Å². The standard InChI is InChI=1S/C11H9Br2N3O4S/c1-5-10(9(11(17)18)15-14-5)21(19,20)16-8-4-6(12)2-3-7(8)13/h2-4,16H,1H3,(H,14,15)(H,17,18). The summed E-state index contributed by atoms with van der Waals surface area (Å²) in [5, 5.41) is 14.9. The number of carboxylic acids is 1. The maximum absolute atomic E-state index is 12.4. The predicted molar refractivity (Wildman–Crippen MR) is 82.9 cm³/mol. The van der Waals surface area contributed by atoms with Crippen molar-refractivity contribution in [2.24, 2.45) is 0 Å². The van der Waals surface area contributed by atoms with Gasteiger partial charge in [0, 0.05) is 8.95 Å². The predicted octanol–water partition coefficient (Wildman–Crippen LogP) is 2.74. The molecule has 0 aliphatic heterocycles. The Kier molecular flexibility index (Phi) is 4.40. The van der Waals surface area contributed by atoms with Crippen LogP contribution in [0.5, 0.6) is 0 Å². The van der Waals surface area contributed by atoms with E-state index < -0.39 is 21.7 Å². The summed E-state index contributed by atoms with van der Waals surface area (Å²) in [5.74, 6) is -1.42. The highest BCUT2D eigenvalue weighted by Crippen LogP contribution is 2.29. The number of nitrogens with one attached hydrogen (secondary N) is 2. The summed E-state index contributed by atoms with van der Waals surface area (Å²) < 4.78 is 28.3. The van der Waals surface area contributed by atoms with Crippen LogP contribution in [-0.4, -0.2) is 29.7 Å². The van der Waals surface area contributed by atoms with Crippen molar-refractivity contribution in [3.05, 3.63) is 38.5 Å². The molecule has 2 aromatic rings. The minimum Gasteiger partial charge on any atom is -0.476 e. The smallest absolute Gasteiger partial charge is 0.357 e. The molecule has 112 valence electrons. The van der Waals surface area contributed by atoms with Gasteiger partial charge in [0.15, 0.2) is 5.69 Å². The van der Waals surface area contributed by atoms with Crippen LogP contribution < -0.4 is 4.72 Å². The lowest BCUT2D eigenvalue weighted by Gasteiger charge is -2.10. The first kappa shape index (κ1) is 16.0. The Morgan fingerprint density at radius 2 is 2.05 bits per heavy atom. The zero-order valence-corrected chi connectivity index (χ0v) is 14.5. The molecule has 0 radical (unpaired) electrons. The Morgan fingerprint density at radius 3 is 2.67 bits per heavy atom. The van der Waals surface area contributed by atoms with Gasteiger partial charge in [-0.3, -0.25) is 9.82 Å². The second kappa shape index (κ2) is 5.78. The van der Waals surface area contributed by atoms with E-state index in [0.717, 1.165) is 0 Å². The Labute approximate surface area is 137 Å². The van der Waals surface area contributed by atoms with Gasteiger partial charge in [0.05, 0.1) is 11.4 Å². The van der Waals surface area contributed by atoms with E-state index in [0.29, 0.717) is 8.95 Å². The molecule has 7 nitrogen and oxygen atoms in total. The van der Waals surface area contributed by atoms with Crippen LogP contribution in [0.2, 0.25) is 0 Å². The molecule has 2 rings (SSSR count). The topological polar surface area (TPSA) is 112 Å². The van der Waals surface area contributed by atoms with Crippen LogP contribution in [0, 0.1) is 6.92 Å². The largest absolute Gasteiger partial charge is 0.476 e. The summed E-state index contributed by atoms with van der Waals surface area (Å²) >= 11 is 6.46. The number of carboxylic acid groups (broad SMARTS) is 1. The van der Waals surface area contributed by atoms with Gasteiger partial charge in [-0.25, -0.2) is 13.2 Å². The Hall–Kier alpha value is -1.39. The van der Waals surface area contributed by atoms with Gasteiger partial charge in [0.2, 0.25) is 0 Å². The number of aromatic carboxylic acids is 1. The maximum Gasteiger partial charge on any atom is 0.357 e. The van der Waals surface area contributed by atoms with E-state index in [4.69, 9.17) is 5.11 Å². The fraction of sp³-hybridized carbons (Fsp3) is 0.0909. The average Bonchev–Trinajstić information content (AvgIpc) is 2.76. The summed E-state index contributed by atoms with van der Waals surface area (Å²) in [6, 6.07) is 4.94. The van der Waals surface area contributed by atoms with Crippen LogP contribution >= 0.6 is 31.9 Å². The summed E-state index contributed by atoms with van der Waals surface area (Å²) in [6.07, 6.45) is 0. The molecule has 3 N–H and O–H groups in total. The van der Waals surface area contributed by atoms with E-state index in [1.54, 1.807) is 18.2 Å². The number of sulfonamides is 1. The van der Waals surface area contributed by atoms with Gasteiger partial charge in [-0.1, -0.05) is 15.9 Å². The monoisotopic (exact) mass is 437 g/mol. The van der Waals surface area contributed by atoms with Crippen molar-refractivity contribution in [1.82, 2.24) is 10.2 Å². The lowest BCUT2D eigenvalue weighted by Crippen LogP contribution is -2.17. The fourth-order valence-electron chi connectivity index (χ4n) is 1.66. The molecule has 1 aromatic heterocycles. The van der Waals surface area contributed by atoms with Crippen molar-refractivity contribution >= 4 is 53.5 Å². The van der Waals surface area contributed by atoms with Gasteiger partial charge in [-0.05, 0) is 41.1 Å². The summed E-state index contributed by atoms with van der Waals surface area (Å²) in [4.78, 5) is 10.7. The van der Waals surface area contributed by atoms with Crippen molar-refractivity contribution < 1.29 is 18.3 Å². The highest BCUT2D eigenvalue weighted by molar-refractivity contribution is 9.11. The fourth-order valence-corrected chi connectivity index (χ4v) is 3.90. The van der Waals surface area contributed by atoms with Crippen LogP contribution in [0.15, 0.2) is 32.0 Å². The Morgan fingerprint density at radius 1 is 1.38 bits per heavy atom. The lowest BCUT2D eigenvalue weighted by atomic mass is 10.3. The first-order valence-corrected chi connectivity index (χ1v) is 8.55. The number of hydrogen-bond acceptors (Lipinski definition) is 4. The SMILES string of the molecule is Cc1[nH]nc(C(=O)O)c1S(=O)(=O)Nc1cc(Br)ccc1Br. The molecule has 0 unspecified atom stereocenters. The number of anilines is 1. The third kappa shape index (κ3) is 3.27. The maximum atomic E-state index is 12.4. The number of nitrogens with zero attached hydrogens (tertiary/aromatic N) is 1. The number of H-pyrrole nitrogens is 1. The molecule has 0 bridgehead atoms. The summed E-state index contributed by atoms with van der Waals surface area (Å²) in [5.41, 5.74) is -0.126. The minimum atomic E-state index is -4.09. The van der Waals surface area contributed by atoms with E-state index in [-0.39, 0.29) is 16.3 Å². The van der Waals surface area contributed by atoms with Gasteiger partial charge < -0.3 is 5.11 Å². The third-order valence-corrected chi connectivity index (χ3v) is 5.25. The molecule has 0 amide bonds. The molecular formula is C11H9Br2N3O4S. The van der Waals surface area contributed by atoms with E-state index in [1.807, 2.05) is 0 Å². The molecule has 0 spiro atoms. The normalized spacial score (nSPS) is 11.4. The average molecular weight is 439 g/mol. The molecule has 0 fully saturated rings. The molecule has 0 atom stereocenters. The van der Waals surface area contributed by atoms with E-state index in [1.165, 1.54) is 6.92 Å². The van der Waals surface area contributed by atoms with E-state index >= 15 is 0 Å². The number of aromatic nitrogens is 2. The number of hydrogen-bond donors (Lipinski definition) is 3. The number of benzene rings is 1. The van der Waals surface area contributed by atoms with E-state index in [9.17, 15) is 13.2 Å². The summed E-state index contributed by atoms with van der Waals surface area (Å²) in [6.45, 7) is 1.43. The van der Waals surface area contributed by atoms with Crippen LogP contribution in [-0.2, 0) is 10.0 Å². The number of aromatic amines is 1. The first-order valence-electron chi connectivity index (χ1n) is 5.48. The number of halogens is 2. The highest BCUT2D eigenvalue weighted by atomic mass is 79.9. The molecule has 1 aromatic carbocycles. The van der Waals surface area contributed by atoms with Crippen molar-refractivity contribution in [3.8, 4) is 0 Å². The lowest BCUT2D eigenvalue weighted by molar-refractivity contribution is 0.0686. The second-order valence-corrected chi connectivity index (χ2v) is 7.45. The number of carbonyl (C=O) groups is 1. The molecule has 0 saturated heterocycles. The van der Waals surface area contributed by atoms with Crippen LogP contribution in [0.4, 0.5) is 5.69 Å². The molecule has 0 aliphatic carbocycles. The van der Waals surface area contributed by atoms with Crippen LogP contribution in [0.1, 0.15) is 16.2 Å². The van der Waals surface area contributed by atoms with Crippen LogP contribution in [0.25, 0.3) is 0 Å². The molecule has 0 saturated carbocycles. The zero-order valence-electron chi connectivity index (χ0n) is 10.5. The Balaban J connectivity index is 2.51. The van der Waals surface area contributed by atoms with Crippen molar-refractivity contribution in [3.63, 3.8) is 0 Å². The molecule has 0 aliphatic rings. The second-order valence-electron chi connectivity index (χ2n) is 4.06. The first-order chi connectivity index (χ1) is 9.72. The molecular weight excluding hydrogens is 430 g/mol. The minimum absolute atomic E-state index is 0.144. The number of aryl methyl sites for hydroxylation is 1. The molecule has 21 heavy (non-hydrogen) atoms. The zero-order chi connectivity index (χ0) is 15.8. The van der Waals surface area contributed by atoms with Crippen molar-refractivity contribution in [2.45, 2.75) is 11.8 Å². The van der Waals surface area contributed by atoms with E-state index in [2.05, 4.69) is 46.8 Å². The van der Waals surface area contributed by atoms with Crippen molar-refractivity contribution in [2.75, 3.05) is 4.72 Å². The molecule has 10 heteroatoms. The number of rotatable bonds is 4. The van der Waals surface area contributed by atoms with Gasteiger partial charge in [0.25, 0.3) is 10.0 Å². The summed E-state index contributed by atoms with van der Waals surface area (Å²) in [7, 11) is -4.09. The Bertz CT molecular complexity index is 817. The molecule has 1 heterocycles. The third-order valence-electron chi connectivity index (χ3n) is 2.54. The quantitative estimate of drug-likeness (QED) is 0.679. The van der Waals surface area contributed by atoms with Crippen molar-refractivity contribution in [1.29, 1.82) is 0 Å². The van der Waals surface area contributed by atoms with Crippen LogP contribution in [0.3, 0.4) is 0 Å². The van der Waals surface area contributed by atoms with Gasteiger partial charge in [-0.15, -0.1) is 0 Å².